The molecule has 1 saturated carbocycles. The molecule has 0 unspecified atom stereocenters. The molecule has 0 saturated heterocycles. The number of phenols is 1. The van der Waals surface area contributed by atoms with Crippen LogP contribution in [0.2, 0.25) is 0 Å². The number of aromatic nitrogens is 2. The highest BCUT2D eigenvalue weighted by Gasteiger charge is 2.27. The monoisotopic (exact) mass is 474 g/mol. The molecule has 8 nitrogen and oxygen atoms in total. The van der Waals surface area contributed by atoms with Gasteiger partial charge in [-0.15, -0.1) is 0 Å². The minimum atomic E-state index is -0.469. The van der Waals surface area contributed by atoms with Crippen LogP contribution in [-0.4, -0.2) is 26.8 Å². The second-order valence-corrected chi connectivity index (χ2v) is 8.41. The number of nitrogens with zero attached hydrogens (tertiary/aromatic N) is 2. The standard InChI is InChI=1S/C26H23FN4O4/c27-20-8-2-1-5-17(20)15-28-26(34)31-22(16-6-3-7-16)14-21(30-31)19-11-10-18(13-23(19)32)29-25(33)24-9-4-12-35-24/h1-2,4-5,8-14,16,32H,3,6-7,15H2,(H,28,34)(H,29,33). The van der Waals surface area contributed by atoms with Crippen molar-refractivity contribution in [2.45, 2.75) is 31.7 Å². The summed E-state index contributed by atoms with van der Waals surface area (Å²) in [5.41, 5.74) is 2.35. The van der Waals surface area contributed by atoms with Crippen LogP contribution in [-0.2, 0) is 6.54 Å². The molecule has 178 valence electrons. The maximum atomic E-state index is 13.9. The van der Waals surface area contributed by atoms with Gasteiger partial charge in [0, 0.05) is 35.3 Å². The molecule has 2 heterocycles. The average molecular weight is 474 g/mol. The summed E-state index contributed by atoms with van der Waals surface area (Å²) in [6.07, 6.45) is 4.35. The summed E-state index contributed by atoms with van der Waals surface area (Å²) in [5, 5.41) is 20.5. The predicted octanol–water partition coefficient (Wildman–Crippen LogP) is 5.27. The molecule has 0 spiro atoms. The van der Waals surface area contributed by atoms with Crippen molar-refractivity contribution in [3.8, 4) is 17.0 Å². The summed E-state index contributed by atoms with van der Waals surface area (Å²) in [6.45, 7) is 0.0279. The van der Waals surface area contributed by atoms with Gasteiger partial charge < -0.3 is 20.2 Å². The quantitative estimate of drug-likeness (QED) is 0.353. The summed E-state index contributed by atoms with van der Waals surface area (Å²) in [7, 11) is 0. The second-order valence-electron chi connectivity index (χ2n) is 8.41. The molecule has 1 aliphatic rings. The Labute approximate surface area is 200 Å². The average Bonchev–Trinajstić information content (AvgIpc) is 3.48. The molecule has 9 heteroatoms. The molecule has 5 rings (SSSR count). The van der Waals surface area contributed by atoms with Crippen LogP contribution >= 0.6 is 0 Å². The van der Waals surface area contributed by atoms with E-state index in [0.717, 1.165) is 25.0 Å². The van der Waals surface area contributed by atoms with Gasteiger partial charge in [0.15, 0.2) is 5.76 Å². The Hall–Kier alpha value is -4.40. The van der Waals surface area contributed by atoms with Gasteiger partial charge in [0.1, 0.15) is 11.6 Å². The van der Waals surface area contributed by atoms with E-state index in [0.29, 0.717) is 22.5 Å². The smallest absolute Gasteiger partial charge is 0.342 e. The highest BCUT2D eigenvalue weighted by atomic mass is 19.1. The van der Waals surface area contributed by atoms with E-state index in [9.17, 15) is 19.1 Å². The molecule has 35 heavy (non-hydrogen) atoms. The minimum Gasteiger partial charge on any atom is -0.507 e. The maximum Gasteiger partial charge on any atom is 0.342 e. The number of anilines is 1. The van der Waals surface area contributed by atoms with Crippen LogP contribution in [0.25, 0.3) is 11.3 Å². The lowest BCUT2D eigenvalue weighted by Crippen LogP contribution is -2.31. The normalized spacial score (nSPS) is 13.3. The SMILES string of the molecule is O=C(Nc1ccc(-c2cc(C3CCC3)n(C(=O)NCc3ccccc3F)n2)c(O)c1)c1ccco1. The summed E-state index contributed by atoms with van der Waals surface area (Å²) in [4.78, 5) is 25.2. The third kappa shape index (κ3) is 4.65. The van der Waals surface area contributed by atoms with Crippen molar-refractivity contribution in [2.24, 2.45) is 0 Å². The number of hydrogen-bond acceptors (Lipinski definition) is 5. The first-order valence-corrected chi connectivity index (χ1v) is 11.3. The van der Waals surface area contributed by atoms with Crippen molar-refractivity contribution in [3.63, 3.8) is 0 Å². The first-order chi connectivity index (χ1) is 17.0. The molecule has 0 atom stereocenters. The second kappa shape index (κ2) is 9.46. The Morgan fingerprint density at radius 2 is 1.94 bits per heavy atom. The molecule has 1 fully saturated rings. The predicted molar refractivity (Wildman–Crippen MR) is 127 cm³/mol. The molecule has 0 bridgehead atoms. The molecule has 1 aliphatic carbocycles. The molecule has 0 radical (unpaired) electrons. The van der Waals surface area contributed by atoms with E-state index >= 15 is 0 Å². The Bertz CT molecular complexity index is 1380. The van der Waals surface area contributed by atoms with E-state index in [1.54, 1.807) is 42.5 Å². The largest absolute Gasteiger partial charge is 0.507 e. The summed E-state index contributed by atoms with van der Waals surface area (Å²) < 4.78 is 20.3. The molecule has 3 N–H and O–H groups in total. The highest BCUT2D eigenvalue weighted by Crippen LogP contribution is 2.39. The van der Waals surface area contributed by atoms with Gasteiger partial charge in [-0.1, -0.05) is 24.6 Å². The van der Waals surface area contributed by atoms with Crippen molar-refractivity contribution >= 4 is 17.6 Å². The number of furan rings is 1. The molecular weight excluding hydrogens is 451 g/mol. The molecule has 2 amide bonds. The van der Waals surface area contributed by atoms with Crippen molar-refractivity contribution in [1.82, 2.24) is 15.1 Å². The van der Waals surface area contributed by atoms with E-state index in [-0.39, 0.29) is 24.0 Å². The zero-order valence-corrected chi connectivity index (χ0v) is 18.7. The van der Waals surface area contributed by atoms with Gasteiger partial charge in [0.25, 0.3) is 5.91 Å². The minimum absolute atomic E-state index is 0.0279. The summed E-state index contributed by atoms with van der Waals surface area (Å²) in [6, 6.07) is 15.4. The van der Waals surface area contributed by atoms with Crippen LogP contribution in [0.3, 0.4) is 0 Å². The number of hydrogen-bond donors (Lipinski definition) is 3. The zero-order valence-electron chi connectivity index (χ0n) is 18.7. The first kappa shape index (κ1) is 22.4. The molecule has 2 aromatic heterocycles. The molecule has 0 aliphatic heterocycles. The molecule has 2 aromatic carbocycles. The molecular formula is C26H23FN4O4. The number of phenolic OH excluding ortho intramolecular Hbond substituents is 1. The maximum absolute atomic E-state index is 13.9. The fraction of sp³-hybridized carbons (Fsp3) is 0.192. The van der Waals surface area contributed by atoms with Crippen molar-refractivity contribution in [2.75, 3.05) is 5.32 Å². The first-order valence-electron chi connectivity index (χ1n) is 11.3. The fourth-order valence-electron chi connectivity index (χ4n) is 4.00. The van der Waals surface area contributed by atoms with Gasteiger partial charge >= 0.3 is 6.03 Å². The number of amides is 2. The van der Waals surface area contributed by atoms with E-state index in [2.05, 4.69) is 15.7 Å². The van der Waals surface area contributed by atoms with E-state index in [1.165, 1.54) is 29.1 Å². The lowest BCUT2D eigenvalue weighted by Gasteiger charge is -2.25. The van der Waals surface area contributed by atoms with Gasteiger partial charge in [-0.25, -0.2) is 9.18 Å². The number of carbonyl (C=O) groups excluding carboxylic acids is 2. The van der Waals surface area contributed by atoms with Crippen LogP contribution in [0.4, 0.5) is 14.9 Å². The Balaban J connectivity index is 1.37. The van der Waals surface area contributed by atoms with E-state index in [1.807, 2.05) is 0 Å². The van der Waals surface area contributed by atoms with Gasteiger partial charge in [-0.05, 0) is 49.2 Å². The Kier molecular flexibility index (Phi) is 6.05. The third-order valence-corrected chi connectivity index (χ3v) is 6.12. The fourth-order valence-corrected chi connectivity index (χ4v) is 4.00. The van der Waals surface area contributed by atoms with E-state index < -0.39 is 17.8 Å². The van der Waals surface area contributed by atoms with Crippen LogP contribution in [0.15, 0.2) is 71.3 Å². The Morgan fingerprint density at radius 3 is 2.63 bits per heavy atom. The van der Waals surface area contributed by atoms with Gasteiger partial charge in [0.05, 0.1) is 17.7 Å². The third-order valence-electron chi connectivity index (χ3n) is 6.12. The van der Waals surface area contributed by atoms with Gasteiger partial charge in [-0.3, -0.25) is 4.79 Å². The number of benzene rings is 2. The highest BCUT2D eigenvalue weighted by molar-refractivity contribution is 6.02. The Morgan fingerprint density at radius 1 is 1.11 bits per heavy atom. The number of aromatic hydroxyl groups is 1. The number of carbonyl (C=O) groups is 2. The lowest BCUT2D eigenvalue weighted by atomic mass is 9.82. The molecule has 4 aromatic rings. The van der Waals surface area contributed by atoms with Gasteiger partial charge in [-0.2, -0.15) is 9.78 Å². The van der Waals surface area contributed by atoms with Crippen molar-refractivity contribution < 1.29 is 23.5 Å². The number of halogens is 1. The van der Waals surface area contributed by atoms with Gasteiger partial charge in [0.2, 0.25) is 0 Å². The van der Waals surface area contributed by atoms with Crippen LogP contribution in [0, 0.1) is 5.82 Å². The van der Waals surface area contributed by atoms with Crippen molar-refractivity contribution in [1.29, 1.82) is 0 Å². The van der Waals surface area contributed by atoms with Crippen molar-refractivity contribution in [3.05, 3.63) is 89.8 Å². The summed E-state index contributed by atoms with van der Waals surface area (Å²) in [5.74, 6) is -0.593. The lowest BCUT2D eigenvalue weighted by molar-refractivity contribution is 0.0996. The summed E-state index contributed by atoms with van der Waals surface area (Å²) >= 11 is 0. The number of nitrogens with one attached hydrogen (secondary N) is 2. The van der Waals surface area contributed by atoms with Crippen LogP contribution < -0.4 is 10.6 Å². The van der Waals surface area contributed by atoms with Crippen LogP contribution in [0.1, 0.15) is 47.0 Å². The van der Waals surface area contributed by atoms with E-state index in [4.69, 9.17) is 4.42 Å². The zero-order chi connectivity index (χ0) is 24.4. The number of rotatable bonds is 6. The van der Waals surface area contributed by atoms with Crippen LogP contribution in [0.5, 0.6) is 5.75 Å². The topological polar surface area (TPSA) is 109 Å².